The van der Waals surface area contributed by atoms with Gasteiger partial charge in [-0.15, -0.1) is 0 Å². The molecule has 66 valence electrons. The van der Waals surface area contributed by atoms with Gasteiger partial charge in [-0.25, -0.2) is 0 Å². The molecule has 0 aromatic carbocycles. The fourth-order valence-corrected chi connectivity index (χ4v) is 1.78. The summed E-state index contributed by atoms with van der Waals surface area (Å²) in [6.07, 6.45) is 3.34. The van der Waals surface area contributed by atoms with Gasteiger partial charge in [0.2, 0.25) is 0 Å². The van der Waals surface area contributed by atoms with E-state index in [9.17, 15) is 8.76 Å². The first kappa shape index (κ1) is 9.16. The summed E-state index contributed by atoms with van der Waals surface area (Å²) < 4.78 is 20.3. The van der Waals surface area contributed by atoms with Crippen LogP contribution in [0.15, 0.2) is 0 Å². The molecule has 0 spiro atoms. The Balaban J connectivity index is 1.98. The molecule has 0 aliphatic carbocycles. The molecule has 0 saturated carbocycles. The standard InChI is InChI=1S/C7H15NO2S/c9-11(10)7-3-6-8-4-1-2-5-8/h1-7H2,(H,9,10)/p-1. The molecule has 0 amide bonds. The molecule has 11 heavy (non-hydrogen) atoms. The van der Waals surface area contributed by atoms with Crippen LogP contribution in [0.5, 0.6) is 0 Å². The molecule has 0 aromatic rings. The van der Waals surface area contributed by atoms with Gasteiger partial charge in [-0.2, -0.15) is 0 Å². The summed E-state index contributed by atoms with van der Waals surface area (Å²) in [5, 5.41) is 0. The summed E-state index contributed by atoms with van der Waals surface area (Å²) in [7, 11) is 0. The van der Waals surface area contributed by atoms with Gasteiger partial charge in [0.15, 0.2) is 0 Å². The van der Waals surface area contributed by atoms with Crippen molar-refractivity contribution in [1.82, 2.24) is 4.90 Å². The van der Waals surface area contributed by atoms with Gasteiger partial charge in [-0.05, 0) is 38.9 Å². The van der Waals surface area contributed by atoms with Crippen molar-refractivity contribution >= 4 is 11.1 Å². The monoisotopic (exact) mass is 176 g/mol. The SMILES string of the molecule is O=S([O-])CCCN1CCCC1. The molecule has 1 aliphatic rings. The number of likely N-dealkylation sites (tertiary alicyclic amines) is 1. The second kappa shape index (κ2) is 4.85. The molecule has 1 fully saturated rings. The number of rotatable bonds is 4. The zero-order valence-corrected chi connectivity index (χ0v) is 7.44. The lowest BCUT2D eigenvalue weighted by Gasteiger charge is -2.14. The van der Waals surface area contributed by atoms with E-state index in [1.54, 1.807) is 0 Å². The minimum atomic E-state index is -1.84. The molecule has 3 nitrogen and oxygen atoms in total. The highest BCUT2D eigenvalue weighted by Crippen LogP contribution is 2.07. The fourth-order valence-electron chi connectivity index (χ4n) is 1.41. The van der Waals surface area contributed by atoms with Crippen molar-refractivity contribution < 1.29 is 8.76 Å². The molecular formula is C7H14NO2S-. The van der Waals surface area contributed by atoms with Gasteiger partial charge in [0, 0.05) is 5.75 Å². The molecule has 0 radical (unpaired) electrons. The van der Waals surface area contributed by atoms with Crippen LogP contribution in [0.3, 0.4) is 0 Å². The summed E-state index contributed by atoms with van der Waals surface area (Å²) >= 11 is -1.84. The van der Waals surface area contributed by atoms with Crippen molar-refractivity contribution in [3.63, 3.8) is 0 Å². The third-order valence-electron chi connectivity index (χ3n) is 1.98. The Morgan fingerprint density at radius 2 is 2.00 bits per heavy atom. The summed E-state index contributed by atoms with van der Waals surface area (Å²) in [4.78, 5) is 2.33. The minimum absolute atomic E-state index is 0.316. The highest BCUT2D eigenvalue weighted by atomic mass is 32.2. The molecular weight excluding hydrogens is 162 g/mol. The topological polar surface area (TPSA) is 43.4 Å². The lowest BCUT2D eigenvalue weighted by Crippen LogP contribution is -2.21. The molecule has 1 unspecified atom stereocenters. The zero-order chi connectivity index (χ0) is 8.10. The van der Waals surface area contributed by atoms with Crippen LogP contribution in [0.4, 0.5) is 0 Å². The van der Waals surface area contributed by atoms with E-state index in [-0.39, 0.29) is 0 Å². The lowest BCUT2D eigenvalue weighted by molar-refractivity contribution is 0.339. The average molecular weight is 176 g/mol. The maximum Gasteiger partial charge on any atom is 0.0114 e. The van der Waals surface area contributed by atoms with Crippen LogP contribution in [-0.2, 0) is 11.1 Å². The van der Waals surface area contributed by atoms with E-state index in [4.69, 9.17) is 0 Å². The predicted molar refractivity (Wildman–Crippen MR) is 44.1 cm³/mol. The van der Waals surface area contributed by atoms with Gasteiger partial charge >= 0.3 is 0 Å². The van der Waals surface area contributed by atoms with E-state index < -0.39 is 11.1 Å². The Labute approximate surface area is 70.1 Å². The van der Waals surface area contributed by atoms with E-state index in [2.05, 4.69) is 4.90 Å². The Bertz CT molecular complexity index is 134. The maximum absolute atomic E-state index is 10.2. The zero-order valence-electron chi connectivity index (χ0n) is 6.62. The van der Waals surface area contributed by atoms with Gasteiger partial charge in [0.25, 0.3) is 0 Å². The minimum Gasteiger partial charge on any atom is -0.772 e. The van der Waals surface area contributed by atoms with Crippen molar-refractivity contribution in [2.45, 2.75) is 19.3 Å². The lowest BCUT2D eigenvalue weighted by atomic mass is 10.4. The summed E-state index contributed by atoms with van der Waals surface area (Å²) in [5.74, 6) is 0.316. The van der Waals surface area contributed by atoms with Gasteiger partial charge in [0.05, 0.1) is 0 Å². The highest BCUT2D eigenvalue weighted by Gasteiger charge is 2.09. The first-order valence-electron chi connectivity index (χ1n) is 4.07. The first-order valence-corrected chi connectivity index (χ1v) is 5.31. The summed E-state index contributed by atoms with van der Waals surface area (Å²) in [5.41, 5.74) is 0. The van der Waals surface area contributed by atoms with E-state index in [0.717, 1.165) is 26.1 Å². The van der Waals surface area contributed by atoms with Crippen molar-refractivity contribution in [2.24, 2.45) is 0 Å². The second-order valence-corrected chi connectivity index (χ2v) is 3.93. The Morgan fingerprint density at radius 3 is 2.55 bits per heavy atom. The smallest absolute Gasteiger partial charge is 0.0114 e. The molecule has 0 bridgehead atoms. The second-order valence-electron chi connectivity index (χ2n) is 2.91. The maximum atomic E-state index is 10.2. The van der Waals surface area contributed by atoms with Crippen LogP contribution in [0.1, 0.15) is 19.3 Å². The molecule has 1 aliphatic heterocycles. The number of hydrogen-bond donors (Lipinski definition) is 0. The van der Waals surface area contributed by atoms with E-state index >= 15 is 0 Å². The Kier molecular flexibility index (Phi) is 4.04. The van der Waals surface area contributed by atoms with Gasteiger partial charge in [0.1, 0.15) is 0 Å². The largest absolute Gasteiger partial charge is 0.772 e. The third-order valence-corrected chi connectivity index (χ3v) is 2.61. The van der Waals surface area contributed by atoms with E-state index in [0.29, 0.717) is 5.75 Å². The molecule has 0 N–H and O–H groups in total. The number of nitrogens with zero attached hydrogens (tertiary/aromatic N) is 1. The Hall–Kier alpha value is 0.0700. The fraction of sp³-hybridized carbons (Fsp3) is 1.00. The quantitative estimate of drug-likeness (QED) is 0.581. The van der Waals surface area contributed by atoms with Crippen LogP contribution < -0.4 is 0 Å². The molecule has 1 heterocycles. The molecule has 4 heteroatoms. The van der Waals surface area contributed by atoms with Crippen molar-refractivity contribution in [2.75, 3.05) is 25.4 Å². The predicted octanol–water partition coefficient (Wildman–Crippen LogP) is 0.351. The highest BCUT2D eigenvalue weighted by molar-refractivity contribution is 7.79. The van der Waals surface area contributed by atoms with Crippen LogP contribution >= 0.6 is 0 Å². The Morgan fingerprint density at radius 1 is 1.36 bits per heavy atom. The van der Waals surface area contributed by atoms with Crippen molar-refractivity contribution in [3.8, 4) is 0 Å². The molecule has 1 saturated heterocycles. The summed E-state index contributed by atoms with van der Waals surface area (Å²) in [6.45, 7) is 3.27. The van der Waals surface area contributed by atoms with E-state index in [1.165, 1.54) is 12.8 Å². The van der Waals surface area contributed by atoms with E-state index in [1.807, 2.05) is 0 Å². The van der Waals surface area contributed by atoms with Crippen molar-refractivity contribution in [1.29, 1.82) is 0 Å². The van der Waals surface area contributed by atoms with Crippen LogP contribution in [0.2, 0.25) is 0 Å². The van der Waals surface area contributed by atoms with Crippen LogP contribution in [-0.4, -0.2) is 39.0 Å². The number of hydrogen-bond acceptors (Lipinski definition) is 3. The molecule has 1 atom stereocenters. The van der Waals surface area contributed by atoms with Gasteiger partial charge in [-0.1, -0.05) is 11.1 Å². The normalized spacial score (nSPS) is 22.3. The van der Waals surface area contributed by atoms with Gasteiger partial charge in [-0.3, -0.25) is 4.21 Å². The third kappa shape index (κ3) is 3.84. The van der Waals surface area contributed by atoms with Crippen LogP contribution in [0.25, 0.3) is 0 Å². The van der Waals surface area contributed by atoms with Crippen molar-refractivity contribution in [3.05, 3.63) is 0 Å². The first-order chi connectivity index (χ1) is 5.29. The summed E-state index contributed by atoms with van der Waals surface area (Å²) in [6, 6.07) is 0. The molecule has 1 rings (SSSR count). The van der Waals surface area contributed by atoms with Gasteiger partial charge < -0.3 is 9.45 Å². The molecule has 0 aromatic heterocycles. The van der Waals surface area contributed by atoms with Crippen LogP contribution in [0, 0.1) is 0 Å². The average Bonchev–Trinajstić information content (AvgIpc) is 2.39.